The monoisotopic (exact) mass is 262 g/mol. The van der Waals surface area contributed by atoms with Gasteiger partial charge in [-0.3, -0.25) is 4.79 Å². The van der Waals surface area contributed by atoms with Gasteiger partial charge in [-0.25, -0.2) is 17.2 Å². The first kappa shape index (κ1) is 13.8. The number of rotatable bonds is 5. The number of ketones is 1. The van der Waals surface area contributed by atoms with Gasteiger partial charge in [0.25, 0.3) is 0 Å². The Morgan fingerprint density at radius 1 is 1.18 bits per heavy atom. The average molecular weight is 262 g/mol. The van der Waals surface area contributed by atoms with E-state index in [2.05, 4.69) is 0 Å². The fraction of sp³-hybridized carbons (Fsp3) is 0.364. The Labute approximate surface area is 98.4 Å². The standard InChI is InChI=1S/C11H12F2O3S/c1-17(15,16)3-2-11(14)6-8-4-9(12)7-10(13)5-8/h4-5,7H,2-3,6H2,1H3. The normalized spacial score (nSPS) is 11.5. The lowest BCUT2D eigenvalue weighted by molar-refractivity contribution is -0.118. The van der Waals surface area contributed by atoms with Gasteiger partial charge in [0.1, 0.15) is 27.3 Å². The van der Waals surface area contributed by atoms with Crippen molar-refractivity contribution in [2.45, 2.75) is 12.8 Å². The summed E-state index contributed by atoms with van der Waals surface area (Å²) >= 11 is 0. The van der Waals surface area contributed by atoms with E-state index >= 15 is 0 Å². The second-order valence-corrected chi connectivity index (χ2v) is 6.13. The van der Waals surface area contributed by atoms with Crippen LogP contribution in [0, 0.1) is 11.6 Å². The highest BCUT2D eigenvalue weighted by Crippen LogP contribution is 2.09. The fourth-order valence-corrected chi connectivity index (χ4v) is 1.93. The Morgan fingerprint density at radius 2 is 1.71 bits per heavy atom. The molecule has 6 heteroatoms. The van der Waals surface area contributed by atoms with Crippen molar-refractivity contribution >= 4 is 15.6 Å². The van der Waals surface area contributed by atoms with Gasteiger partial charge in [0.15, 0.2) is 0 Å². The molecule has 0 aliphatic carbocycles. The number of hydrogen-bond donors (Lipinski definition) is 0. The maximum absolute atomic E-state index is 12.8. The summed E-state index contributed by atoms with van der Waals surface area (Å²) in [5.74, 6) is -2.11. The molecule has 0 heterocycles. The van der Waals surface area contributed by atoms with Crippen molar-refractivity contribution in [2.75, 3.05) is 12.0 Å². The van der Waals surface area contributed by atoms with Crippen LogP contribution >= 0.6 is 0 Å². The number of hydrogen-bond acceptors (Lipinski definition) is 3. The molecular weight excluding hydrogens is 250 g/mol. The molecule has 0 bridgehead atoms. The third-order valence-electron chi connectivity index (χ3n) is 2.08. The predicted molar refractivity (Wildman–Crippen MR) is 59.4 cm³/mol. The van der Waals surface area contributed by atoms with E-state index in [4.69, 9.17) is 0 Å². The number of carbonyl (C=O) groups is 1. The highest BCUT2D eigenvalue weighted by Gasteiger charge is 2.10. The van der Waals surface area contributed by atoms with Crippen LogP contribution in [-0.2, 0) is 21.1 Å². The van der Waals surface area contributed by atoms with Crippen molar-refractivity contribution in [1.29, 1.82) is 0 Å². The summed E-state index contributed by atoms with van der Waals surface area (Å²) < 4.78 is 47.3. The first-order valence-corrected chi connectivity index (χ1v) is 6.97. The van der Waals surface area contributed by atoms with Crippen molar-refractivity contribution in [3.8, 4) is 0 Å². The Balaban J connectivity index is 2.62. The Hall–Kier alpha value is -1.30. The highest BCUT2D eigenvalue weighted by atomic mass is 32.2. The molecule has 0 unspecified atom stereocenters. The first-order valence-electron chi connectivity index (χ1n) is 4.91. The van der Waals surface area contributed by atoms with E-state index in [0.29, 0.717) is 6.07 Å². The lowest BCUT2D eigenvalue weighted by atomic mass is 10.1. The van der Waals surface area contributed by atoms with Gasteiger partial charge in [-0.2, -0.15) is 0 Å². The zero-order valence-electron chi connectivity index (χ0n) is 9.24. The van der Waals surface area contributed by atoms with E-state index in [-0.39, 0.29) is 29.9 Å². The van der Waals surface area contributed by atoms with Gasteiger partial charge in [-0.05, 0) is 17.7 Å². The van der Waals surface area contributed by atoms with Gasteiger partial charge in [0, 0.05) is 25.2 Å². The molecular formula is C11H12F2O3S. The van der Waals surface area contributed by atoms with Crippen LogP contribution in [0.4, 0.5) is 8.78 Å². The van der Waals surface area contributed by atoms with Crippen molar-refractivity contribution in [2.24, 2.45) is 0 Å². The topological polar surface area (TPSA) is 51.2 Å². The molecule has 0 atom stereocenters. The molecule has 0 saturated heterocycles. The van der Waals surface area contributed by atoms with Crippen molar-refractivity contribution < 1.29 is 22.0 Å². The number of halogens is 2. The summed E-state index contributed by atoms with van der Waals surface area (Å²) in [6, 6.07) is 2.83. The summed E-state index contributed by atoms with van der Waals surface area (Å²) in [5, 5.41) is 0. The van der Waals surface area contributed by atoms with Gasteiger partial charge >= 0.3 is 0 Å². The number of benzene rings is 1. The molecule has 17 heavy (non-hydrogen) atoms. The third-order valence-corrected chi connectivity index (χ3v) is 3.02. The minimum absolute atomic E-state index is 0.142. The maximum Gasteiger partial charge on any atom is 0.147 e. The van der Waals surface area contributed by atoms with E-state index < -0.39 is 21.5 Å². The van der Waals surface area contributed by atoms with Gasteiger partial charge in [0.05, 0.1) is 5.75 Å². The molecule has 0 aromatic heterocycles. The van der Waals surface area contributed by atoms with E-state index in [0.717, 1.165) is 18.4 Å². The number of carbonyl (C=O) groups excluding carboxylic acids is 1. The van der Waals surface area contributed by atoms with Crippen LogP contribution in [0.1, 0.15) is 12.0 Å². The van der Waals surface area contributed by atoms with Crippen LogP contribution in [0.5, 0.6) is 0 Å². The molecule has 0 radical (unpaired) electrons. The minimum Gasteiger partial charge on any atom is -0.299 e. The molecule has 0 N–H and O–H groups in total. The molecule has 0 aliphatic rings. The quantitative estimate of drug-likeness (QED) is 0.808. The van der Waals surface area contributed by atoms with Gasteiger partial charge in [0.2, 0.25) is 0 Å². The van der Waals surface area contributed by atoms with Crippen molar-refractivity contribution in [3.63, 3.8) is 0 Å². The maximum atomic E-state index is 12.8. The third kappa shape index (κ3) is 5.53. The van der Waals surface area contributed by atoms with Crippen LogP contribution in [0.25, 0.3) is 0 Å². The molecule has 1 aromatic rings. The molecule has 1 rings (SSSR count). The van der Waals surface area contributed by atoms with Crippen LogP contribution in [0.15, 0.2) is 18.2 Å². The smallest absolute Gasteiger partial charge is 0.147 e. The molecule has 0 spiro atoms. The van der Waals surface area contributed by atoms with E-state index in [1.165, 1.54) is 0 Å². The zero-order valence-corrected chi connectivity index (χ0v) is 10.1. The molecule has 94 valence electrons. The van der Waals surface area contributed by atoms with Crippen LogP contribution in [0.2, 0.25) is 0 Å². The zero-order chi connectivity index (χ0) is 13.1. The predicted octanol–water partition coefficient (Wildman–Crippen LogP) is 1.51. The number of Topliss-reactive ketones (excluding diaryl/α,β-unsaturated/α-hetero) is 1. The molecule has 0 aliphatic heterocycles. The van der Waals surface area contributed by atoms with E-state index in [1.54, 1.807) is 0 Å². The molecule has 3 nitrogen and oxygen atoms in total. The Bertz CT molecular complexity index is 503. The van der Waals surface area contributed by atoms with Crippen molar-refractivity contribution in [3.05, 3.63) is 35.4 Å². The summed E-state index contributed by atoms with van der Waals surface area (Å²) in [4.78, 5) is 11.4. The first-order chi connectivity index (χ1) is 7.76. The average Bonchev–Trinajstić information content (AvgIpc) is 2.11. The minimum atomic E-state index is -3.20. The van der Waals surface area contributed by atoms with Gasteiger partial charge in [-0.1, -0.05) is 0 Å². The van der Waals surface area contributed by atoms with Crippen LogP contribution in [0.3, 0.4) is 0 Å². The summed E-state index contributed by atoms with van der Waals surface area (Å²) in [5.41, 5.74) is 0.209. The molecule has 0 amide bonds. The lowest BCUT2D eigenvalue weighted by Crippen LogP contribution is -2.11. The van der Waals surface area contributed by atoms with E-state index in [9.17, 15) is 22.0 Å². The lowest BCUT2D eigenvalue weighted by Gasteiger charge is -2.01. The molecule has 0 fully saturated rings. The number of sulfone groups is 1. The summed E-state index contributed by atoms with van der Waals surface area (Å²) in [6.45, 7) is 0. The Kier molecular flexibility index (Phi) is 4.34. The highest BCUT2D eigenvalue weighted by molar-refractivity contribution is 7.90. The SMILES string of the molecule is CS(=O)(=O)CCC(=O)Cc1cc(F)cc(F)c1. The van der Waals surface area contributed by atoms with E-state index in [1.807, 2.05) is 0 Å². The van der Waals surface area contributed by atoms with Gasteiger partial charge < -0.3 is 0 Å². The van der Waals surface area contributed by atoms with Gasteiger partial charge in [-0.15, -0.1) is 0 Å². The fourth-order valence-electron chi connectivity index (χ4n) is 1.33. The second kappa shape index (κ2) is 5.35. The van der Waals surface area contributed by atoms with Crippen molar-refractivity contribution in [1.82, 2.24) is 0 Å². The second-order valence-electron chi connectivity index (χ2n) is 3.87. The van der Waals surface area contributed by atoms with Crippen LogP contribution < -0.4 is 0 Å². The van der Waals surface area contributed by atoms with Crippen LogP contribution in [-0.4, -0.2) is 26.2 Å². The molecule has 1 aromatic carbocycles. The summed E-state index contributed by atoms with van der Waals surface area (Å²) in [6.07, 6.45) is 0.725. The largest absolute Gasteiger partial charge is 0.299 e. The Morgan fingerprint density at radius 3 is 2.18 bits per heavy atom. The molecule has 0 saturated carbocycles. The summed E-state index contributed by atoms with van der Waals surface area (Å²) in [7, 11) is -3.20.